The number of allylic oxidation sites excluding steroid dienone is 3. The summed E-state index contributed by atoms with van der Waals surface area (Å²) in [7, 11) is 1.63. The summed E-state index contributed by atoms with van der Waals surface area (Å²) < 4.78 is 5.83. The van der Waals surface area contributed by atoms with Crippen molar-refractivity contribution in [3.63, 3.8) is 0 Å². The zero-order chi connectivity index (χ0) is 20.1. The monoisotopic (exact) mass is 392 g/mol. The topological polar surface area (TPSA) is 82.8 Å². The van der Waals surface area contributed by atoms with Gasteiger partial charge >= 0.3 is 0 Å². The number of carbonyl (C=O) groups is 1. The molecule has 0 aliphatic carbocycles. The molecule has 1 fully saturated rings. The summed E-state index contributed by atoms with van der Waals surface area (Å²) in [6, 6.07) is 1.80. The highest BCUT2D eigenvalue weighted by Gasteiger charge is 2.25. The van der Waals surface area contributed by atoms with Crippen molar-refractivity contribution in [2.75, 3.05) is 38.2 Å². The Hall–Kier alpha value is -3.29. The van der Waals surface area contributed by atoms with Crippen molar-refractivity contribution in [2.45, 2.75) is 19.3 Å². The molecule has 4 heterocycles. The normalized spacial score (nSPS) is 25.0. The Morgan fingerprint density at radius 3 is 2.86 bits per heavy atom. The quantitative estimate of drug-likeness (QED) is 0.739. The molecule has 150 valence electrons. The maximum absolute atomic E-state index is 12.8. The van der Waals surface area contributed by atoms with Crippen LogP contribution in [0.15, 0.2) is 63.3 Å². The van der Waals surface area contributed by atoms with Gasteiger partial charge in [0.15, 0.2) is 11.6 Å². The van der Waals surface area contributed by atoms with Gasteiger partial charge in [-0.3, -0.25) is 9.79 Å². The van der Waals surface area contributed by atoms with Gasteiger partial charge in [0.1, 0.15) is 6.61 Å². The van der Waals surface area contributed by atoms with E-state index in [9.17, 15) is 4.79 Å². The van der Waals surface area contributed by atoms with Gasteiger partial charge < -0.3 is 14.5 Å². The first-order valence-corrected chi connectivity index (χ1v) is 9.87. The van der Waals surface area contributed by atoms with E-state index in [2.05, 4.69) is 20.2 Å². The van der Waals surface area contributed by atoms with Gasteiger partial charge in [-0.2, -0.15) is 10.2 Å². The largest absolute Gasteiger partial charge is 0.488 e. The van der Waals surface area contributed by atoms with Crippen molar-refractivity contribution in [1.82, 2.24) is 9.88 Å². The number of aromatic nitrogens is 1. The molecule has 1 saturated heterocycles. The maximum atomic E-state index is 12.8. The molecular formula is C21H24N6O2. The number of likely N-dealkylation sites (tertiary alicyclic amines) is 1. The molecule has 3 aliphatic rings. The van der Waals surface area contributed by atoms with Crippen molar-refractivity contribution in [3.05, 3.63) is 53.6 Å². The summed E-state index contributed by atoms with van der Waals surface area (Å²) in [4.78, 5) is 25.6. The van der Waals surface area contributed by atoms with Crippen LogP contribution in [0.2, 0.25) is 0 Å². The second-order valence-electron chi connectivity index (χ2n) is 6.98. The molecule has 0 unspecified atom stereocenters. The Morgan fingerprint density at radius 1 is 1.17 bits per heavy atom. The van der Waals surface area contributed by atoms with Crippen LogP contribution in [0.5, 0.6) is 5.75 Å². The molecule has 0 aromatic carbocycles. The standard InChI is InChI=1S/C21H24N6O2/c1-22-25-17-5-6-18(15-23-8-7-17)27-11-12-29-19-13-16(14-24-20(19)27)21(28)26-9-3-2-4-10-26/h5-8,13-15H,2-4,9-12H2,1H3/b6-5+,8-7?,17-5?,17-7-,18-6?,18-15+,23-8-,23-15?,25-22+. The first-order chi connectivity index (χ1) is 14.3. The Kier molecular flexibility index (Phi) is 5.79. The number of hydrogen-bond acceptors (Lipinski definition) is 7. The molecule has 4 rings (SSSR count). The first kappa shape index (κ1) is 19.0. The summed E-state index contributed by atoms with van der Waals surface area (Å²) >= 11 is 0. The van der Waals surface area contributed by atoms with Crippen LogP contribution >= 0.6 is 0 Å². The van der Waals surface area contributed by atoms with E-state index in [4.69, 9.17) is 4.74 Å². The number of pyridine rings is 1. The number of piperidine rings is 1. The minimum atomic E-state index is 0.0232. The van der Waals surface area contributed by atoms with Crippen LogP contribution in [-0.2, 0) is 0 Å². The van der Waals surface area contributed by atoms with Crippen molar-refractivity contribution in [3.8, 4) is 5.75 Å². The van der Waals surface area contributed by atoms with Gasteiger partial charge in [-0.1, -0.05) is 0 Å². The maximum Gasteiger partial charge on any atom is 0.255 e. The van der Waals surface area contributed by atoms with Gasteiger partial charge in [-0.05, 0) is 43.6 Å². The zero-order valence-corrected chi connectivity index (χ0v) is 16.5. The van der Waals surface area contributed by atoms with E-state index >= 15 is 0 Å². The number of fused-ring (bicyclic) bond motifs is 1. The number of amides is 1. The zero-order valence-electron chi connectivity index (χ0n) is 16.5. The van der Waals surface area contributed by atoms with Crippen LogP contribution in [0.3, 0.4) is 0 Å². The van der Waals surface area contributed by atoms with Crippen LogP contribution in [0.25, 0.3) is 0 Å². The lowest BCUT2D eigenvalue weighted by Crippen LogP contribution is -2.36. The van der Waals surface area contributed by atoms with Crippen LogP contribution in [0.1, 0.15) is 29.6 Å². The summed E-state index contributed by atoms with van der Waals surface area (Å²) in [5.74, 6) is 1.32. The molecule has 29 heavy (non-hydrogen) atoms. The number of ether oxygens (including phenoxy) is 1. The van der Waals surface area contributed by atoms with Gasteiger partial charge in [-0.15, -0.1) is 0 Å². The molecule has 8 heteroatoms. The van der Waals surface area contributed by atoms with Crippen molar-refractivity contribution >= 4 is 17.9 Å². The average Bonchev–Trinajstić information content (AvgIpc) is 2.75. The van der Waals surface area contributed by atoms with Crippen molar-refractivity contribution in [1.29, 1.82) is 0 Å². The highest BCUT2D eigenvalue weighted by Crippen LogP contribution is 2.33. The average molecular weight is 392 g/mol. The van der Waals surface area contributed by atoms with Crippen LogP contribution in [-0.4, -0.2) is 55.3 Å². The van der Waals surface area contributed by atoms with Gasteiger partial charge in [0.25, 0.3) is 5.91 Å². The highest BCUT2D eigenvalue weighted by molar-refractivity contribution is 5.95. The van der Waals surface area contributed by atoms with Crippen LogP contribution < -0.4 is 9.64 Å². The second-order valence-corrected chi connectivity index (χ2v) is 6.98. The minimum Gasteiger partial charge on any atom is -0.488 e. The van der Waals surface area contributed by atoms with E-state index in [1.807, 2.05) is 22.0 Å². The molecule has 0 atom stereocenters. The van der Waals surface area contributed by atoms with Gasteiger partial charge in [0.05, 0.1) is 29.7 Å². The number of aliphatic imine (C=N–C) groups is 1. The molecule has 0 spiro atoms. The third-order valence-corrected chi connectivity index (χ3v) is 5.04. The number of anilines is 1. The Balaban J connectivity index is 1.59. The van der Waals surface area contributed by atoms with Crippen molar-refractivity contribution < 1.29 is 9.53 Å². The van der Waals surface area contributed by atoms with E-state index in [1.54, 1.807) is 37.8 Å². The number of azo groups is 1. The fourth-order valence-electron chi connectivity index (χ4n) is 3.60. The fourth-order valence-corrected chi connectivity index (χ4v) is 3.60. The summed E-state index contributed by atoms with van der Waals surface area (Å²) in [5, 5.41) is 7.88. The number of nitrogens with zero attached hydrogens (tertiary/aromatic N) is 6. The Labute approximate surface area is 170 Å². The molecule has 0 saturated carbocycles. The Bertz CT molecular complexity index is 925. The SMILES string of the molecule is C/N=N/C1=C\C=N/C=C(N2CCOc3cc(C(=O)N4CCCCC4)cnc32)\C=C\1. The minimum absolute atomic E-state index is 0.0232. The smallest absolute Gasteiger partial charge is 0.255 e. The molecular weight excluding hydrogens is 368 g/mol. The Morgan fingerprint density at radius 2 is 2.03 bits per heavy atom. The lowest BCUT2D eigenvalue weighted by Gasteiger charge is -2.31. The number of carbonyl (C=O) groups excluding carboxylic acids is 1. The fraction of sp³-hybridized carbons (Fsp3) is 0.381. The van der Waals surface area contributed by atoms with E-state index in [0.717, 1.165) is 31.6 Å². The summed E-state index contributed by atoms with van der Waals surface area (Å²) in [6.07, 6.45) is 14.0. The number of rotatable bonds is 3. The third-order valence-electron chi connectivity index (χ3n) is 5.04. The predicted octanol–water partition coefficient (Wildman–Crippen LogP) is 3.35. The van der Waals surface area contributed by atoms with E-state index < -0.39 is 0 Å². The van der Waals surface area contributed by atoms with Crippen molar-refractivity contribution in [2.24, 2.45) is 15.2 Å². The molecule has 1 aromatic heterocycles. The molecule has 1 aromatic rings. The van der Waals surface area contributed by atoms with E-state index in [0.29, 0.717) is 36.0 Å². The molecule has 0 N–H and O–H groups in total. The first-order valence-electron chi connectivity index (χ1n) is 9.87. The molecule has 3 aliphatic heterocycles. The van der Waals surface area contributed by atoms with Gasteiger partial charge in [0, 0.05) is 32.5 Å². The van der Waals surface area contributed by atoms with Gasteiger partial charge in [-0.25, -0.2) is 4.98 Å². The molecule has 0 bridgehead atoms. The predicted molar refractivity (Wildman–Crippen MR) is 111 cm³/mol. The lowest BCUT2D eigenvalue weighted by molar-refractivity contribution is 0.0723. The van der Waals surface area contributed by atoms with E-state index in [-0.39, 0.29) is 5.91 Å². The van der Waals surface area contributed by atoms with Crippen LogP contribution in [0, 0.1) is 0 Å². The van der Waals surface area contributed by atoms with Gasteiger partial charge in [0.2, 0.25) is 0 Å². The molecule has 0 radical (unpaired) electrons. The third kappa shape index (κ3) is 4.26. The van der Waals surface area contributed by atoms with E-state index in [1.165, 1.54) is 6.42 Å². The molecule has 8 nitrogen and oxygen atoms in total. The second kappa shape index (κ2) is 8.81. The lowest BCUT2D eigenvalue weighted by atomic mass is 10.1. The highest BCUT2D eigenvalue weighted by atomic mass is 16.5. The summed E-state index contributed by atoms with van der Waals surface area (Å²) in [5.41, 5.74) is 2.15. The summed E-state index contributed by atoms with van der Waals surface area (Å²) in [6.45, 7) is 2.76. The number of hydrogen-bond donors (Lipinski definition) is 0. The molecule has 1 amide bonds. The van der Waals surface area contributed by atoms with Crippen LogP contribution in [0.4, 0.5) is 5.82 Å².